The van der Waals surface area contributed by atoms with E-state index >= 15 is 0 Å². The van der Waals surface area contributed by atoms with Crippen LogP contribution >= 0.6 is 0 Å². The summed E-state index contributed by atoms with van der Waals surface area (Å²) in [6.07, 6.45) is 0. The van der Waals surface area contributed by atoms with Crippen molar-refractivity contribution in [3.05, 3.63) is 81.1 Å². The van der Waals surface area contributed by atoms with Gasteiger partial charge in [0.25, 0.3) is 0 Å². The summed E-state index contributed by atoms with van der Waals surface area (Å²) in [5.41, 5.74) is -1.35. The van der Waals surface area contributed by atoms with E-state index in [1.54, 1.807) is 32.0 Å². The Morgan fingerprint density at radius 3 is 1.49 bits per heavy atom. The Bertz CT molecular complexity index is 2370. The van der Waals surface area contributed by atoms with E-state index in [1.807, 2.05) is 0 Å². The molecular weight excluding hydrogens is 620 g/mol. The molecule has 0 atom stereocenters. The number of aromatic hydroxyl groups is 8. The maximum absolute atomic E-state index is 12.4. The SMILES string of the molecule is CC1(C)Oc2ccc(-c3oc4cc(O)cc(O)c4c(=O)c3O)cc2O1.O=c1c(O)c(-c2ccc(O)c(O)c2)oc2cc(O)cc(O)c12. The third-order valence-electron chi connectivity index (χ3n) is 7.03. The normalized spacial score (nSPS) is 13.0. The van der Waals surface area contributed by atoms with Crippen molar-refractivity contribution in [2.24, 2.45) is 0 Å². The Kier molecular flexibility index (Phi) is 6.92. The number of fused-ring (bicyclic) bond motifs is 3. The van der Waals surface area contributed by atoms with Gasteiger partial charge in [0.2, 0.25) is 28.1 Å². The minimum atomic E-state index is -0.888. The van der Waals surface area contributed by atoms with Gasteiger partial charge in [-0.25, -0.2) is 0 Å². The van der Waals surface area contributed by atoms with Crippen LogP contribution in [0.3, 0.4) is 0 Å². The highest BCUT2D eigenvalue weighted by molar-refractivity contribution is 5.89. The van der Waals surface area contributed by atoms with Crippen LogP contribution in [0, 0.1) is 0 Å². The molecule has 0 radical (unpaired) electrons. The van der Waals surface area contributed by atoms with Crippen molar-refractivity contribution in [3.8, 4) is 80.1 Å². The van der Waals surface area contributed by atoms with Gasteiger partial charge in [-0.3, -0.25) is 9.59 Å². The molecule has 6 aromatic rings. The maximum Gasteiger partial charge on any atom is 0.246 e. The van der Waals surface area contributed by atoms with Gasteiger partial charge < -0.3 is 59.2 Å². The quantitative estimate of drug-likeness (QED) is 0.115. The Hall–Kier alpha value is -6.70. The first-order valence-electron chi connectivity index (χ1n) is 13.6. The predicted octanol–water partition coefficient (Wildman–Crippen LogP) is 5.07. The molecule has 0 aliphatic carbocycles. The molecule has 0 fully saturated rings. The summed E-state index contributed by atoms with van der Waals surface area (Å²) >= 11 is 0. The summed E-state index contributed by atoms with van der Waals surface area (Å²) in [6.45, 7) is 3.51. The van der Waals surface area contributed by atoms with E-state index in [4.69, 9.17) is 18.3 Å². The van der Waals surface area contributed by atoms with E-state index in [1.165, 1.54) is 12.1 Å². The fourth-order valence-corrected chi connectivity index (χ4v) is 4.97. The van der Waals surface area contributed by atoms with Gasteiger partial charge >= 0.3 is 0 Å². The van der Waals surface area contributed by atoms with Crippen molar-refractivity contribution < 1.29 is 59.2 Å². The van der Waals surface area contributed by atoms with Crippen molar-refractivity contribution >= 4 is 21.9 Å². The van der Waals surface area contributed by atoms with Gasteiger partial charge in [-0.1, -0.05) is 0 Å². The molecule has 240 valence electrons. The number of ether oxygens (including phenoxy) is 2. The highest BCUT2D eigenvalue weighted by Crippen LogP contribution is 2.43. The average Bonchev–Trinajstić information content (AvgIpc) is 3.30. The number of phenolic OH excluding ortho intramolecular Hbond substituents is 6. The lowest BCUT2D eigenvalue weighted by molar-refractivity contribution is -0.0431. The summed E-state index contributed by atoms with van der Waals surface area (Å²) in [5.74, 6) is -4.03. The van der Waals surface area contributed by atoms with Crippen LogP contribution in [0.2, 0.25) is 0 Å². The molecule has 0 unspecified atom stereocenters. The van der Waals surface area contributed by atoms with Gasteiger partial charge in [-0.15, -0.1) is 0 Å². The van der Waals surface area contributed by atoms with Crippen LogP contribution in [0.4, 0.5) is 0 Å². The van der Waals surface area contributed by atoms with E-state index in [-0.39, 0.29) is 56.3 Å². The molecule has 14 heteroatoms. The molecule has 0 saturated carbocycles. The third-order valence-corrected chi connectivity index (χ3v) is 7.03. The monoisotopic (exact) mass is 644 g/mol. The second-order valence-corrected chi connectivity index (χ2v) is 10.9. The second-order valence-electron chi connectivity index (χ2n) is 10.9. The third kappa shape index (κ3) is 5.33. The first-order chi connectivity index (χ1) is 22.1. The fourth-order valence-electron chi connectivity index (χ4n) is 4.97. The zero-order chi connectivity index (χ0) is 33.9. The van der Waals surface area contributed by atoms with Crippen LogP contribution < -0.4 is 20.3 Å². The largest absolute Gasteiger partial charge is 0.508 e. The average molecular weight is 645 g/mol. The van der Waals surface area contributed by atoms with Crippen molar-refractivity contribution in [2.45, 2.75) is 19.6 Å². The van der Waals surface area contributed by atoms with Gasteiger partial charge in [0, 0.05) is 49.2 Å². The Morgan fingerprint density at radius 2 is 0.979 bits per heavy atom. The zero-order valence-electron chi connectivity index (χ0n) is 24.3. The highest BCUT2D eigenvalue weighted by Gasteiger charge is 2.32. The summed E-state index contributed by atoms with van der Waals surface area (Å²) < 4.78 is 22.2. The van der Waals surface area contributed by atoms with Crippen LogP contribution in [-0.4, -0.2) is 46.6 Å². The van der Waals surface area contributed by atoms with Gasteiger partial charge in [-0.05, 0) is 36.4 Å². The summed E-state index contributed by atoms with van der Waals surface area (Å²) in [4.78, 5) is 24.5. The van der Waals surface area contributed by atoms with Crippen LogP contribution in [0.25, 0.3) is 44.6 Å². The molecular formula is C33H24O14. The summed E-state index contributed by atoms with van der Waals surface area (Å²) in [6, 6.07) is 12.7. The standard InChI is InChI=1S/C18H14O7.C15H10O7/c1-18(2)24-11-4-3-8(5-12(11)25-18)17-16(22)15(21)14-10(20)6-9(19)7-13(14)23-17;16-7-4-10(19)12-11(5-7)22-15(14(21)13(12)20)6-1-2-8(17)9(18)3-6/h3-7,19-20,22H,1-2H3;1-5,16-19,21H. The molecule has 0 bridgehead atoms. The number of phenols is 6. The molecule has 8 N–H and O–H groups in total. The molecule has 1 aliphatic rings. The number of hydrogen-bond acceptors (Lipinski definition) is 14. The van der Waals surface area contributed by atoms with Crippen molar-refractivity contribution in [1.29, 1.82) is 0 Å². The first-order valence-corrected chi connectivity index (χ1v) is 13.6. The molecule has 3 heterocycles. The van der Waals surface area contributed by atoms with Crippen molar-refractivity contribution in [3.63, 3.8) is 0 Å². The van der Waals surface area contributed by atoms with E-state index in [0.29, 0.717) is 17.1 Å². The zero-order valence-corrected chi connectivity index (χ0v) is 24.3. The number of benzene rings is 4. The van der Waals surface area contributed by atoms with E-state index in [9.17, 15) is 50.4 Å². The molecule has 1 aliphatic heterocycles. The Balaban J connectivity index is 0.000000166. The van der Waals surface area contributed by atoms with Crippen LogP contribution in [0.5, 0.6) is 57.5 Å². The number of rotatable bonds is 2. The van der Waals surface area contributed by atoms with Gasteiger partial charge in [0.05, 0.1) is 0 Å². The van der Waals surface area contributed by atoms with Crippen LogP contribution in [0.1, 0.15) is 13.8 Å². The minimum Gasteiger partial charge on any atom is -0.508 e. The summed E-state index contributed by atoms with van der Waals surface area (Å²) in [5, 5.41) is 77.1. The maximum atomic E-state index is 12.4. The van der Waals surface area contributed by atoms with Gasteiger partial charge in [0.1, 0.15) is 44.9 Å². The highest BCUT2D eigenvalue weighted by atomic mass is 16.7. The van der Waals surface area contributed by atoms with Gasteiger partial charge in [0.15, 0.2) is 34.5 Å². The van der Waals surface area contributed by atoms with Crippen molar-refractivity contribution in [2.75, 3.05) is 0 Å². The Morgan fingerprint density at radius 1 is 0.511 bits per heavy atom. The second kappa shape index (κ2) is 10.7. The minimum absolute atomic E-state index is 0.0479. The molecule has 14 nitrogen and oxygen atoms in total. The smallest absolute Gasteiger partial charge is 0.246 e. The molecule has 4 aromatic carbocycles. The molecule has 0 amide bonds. The predicted molar refractivity (Wildman–Crippen MR) is 164 cm³/mol. The van der Waals surface area contributed by atoms with Gasteiger partial charge in [-0.2, -0.15) is 0 Å². The van der Waals surface area contributed by atoms with E-state index < -0.39 is 45.4 Å². The molecule has 47 heavy (non-hydrogen) atoms. The first kappa shape index (κ1) is 30.3. The van der Waals surface area contributed by atoms with Crippen LogP contribution in [0.15, 0.2) is 79.1 Å². The Labute approximate surface area is 262 Å². The molecule has 0 spiro atoms. The van der Waals surface area contributed by atoms with Crippen molar-refractivity contribution in [1.82, 2.24) is 0 Å². The topological polar surface area (TPSA) is 241 Å². The lowest BCUT2D eigenvalue weighted by Crippen LogP contribution is -2.29. The number of hydrogen-bond donors (Lipinski definition) is 8. The van der Waals surface area contributed by atoms with Crippen LogP contribution in [-0.2, 0) is 0 Å². The molecule has 0 saturated heterocycles. The molecule has 7 rings (SSSR count). The van der Waals surface area contributed by atoms with E-state index in [0.717, 1.165) is 30.3 Å². The lowest BCUT2D eigenvalue weighted by atomic mass is 10.1. The molecule has 2 aromatic heterocycles. The summed E-state index contributed by atoms with van der Waals surface area (Å²) in [7, 11) is 0. The fraction of sp³-hybridized carbons (Fsp3) is 0.0909. The lowest BCUT2D eigenvalue weighted by Gasteiger charge is -2.16. The van der Waals surface area contributed by atoms with E-state index in [2.05, 4.69) is 0 Å².